The van der Waals surface area contributed by atoms with Gasteiger partial charge in [0.15, 0.2) is 0 Å². The third-order valence-corrected chi connectivity index (χ3v) is 3.97. The van der Waals surface area contributed by atoms with Crippen molar-refractivity contribution in [2.75, 3.05) is 13.1 Å². The lowest BCUT2D eigenvalue weighted by Crippen LogP contribution is -2.36. The molecule has 1 aromatic heterocycles. The quantitative estimate of drug-likeness (QED) is 0.888. The van der Waals surface area contributed by atoms with Crippen molar-refractivity contribution < 1.29 is 14.7 Å². The van der Waals surface area contributed by atoms with E-state index in [1.165, 1.54) is 0 Å². The fraction of sp³-hybridized carbons (Fsp3) is 0.312. The summed E-state index contributed by atoms with van der Waals surface area (Å²) in [7, 11) is 0. The Bertz CT molecular complexity index is 846. The number of hydrogen-bond donors (Lipinski definition) is 2. The van der Waals surface area contributed by atoms with Gasteiger partial charge in [-0.3, -0.25) is 14.2 Å². The summed E-state index contributed by atoms with van der Waals surface area (Å²) in [5.41, 5.74) is 2.26. The van der Waals surface area contributed by atoms with Gasteiger partial charge in [0, 0.05) is 31.6 Å². The minimum Gasteiger partial charge on any atom is -0.481 e. The van der Waals surface area contributed by atoms with E-state index in [0.29, 0.717) is 19.5 Å². The second kappa shape index (κ2) is 6.12. The first-order chi connectivity index (χ1) is 11.1. The number of para-hydroxylation sites is 2. The zero-order valence-electron chi connectivity index (χ0n) is 12.5. The number of aromatic amines is 1. The average molecular weight is 315 g/mol. The van der Waals surface area contributed by atoms with Crippen LogP contribution in [0.4, 0.5) is 0 Å². The molecule has 7 heteroatoms. The van der Waals surface area contributed by atoms with Crippen molar-refractivity contribution in [2.45, 2.75) is 19.3 Å². The molecule has 0 radical (unpaired) electrons. The summed E-state index contributed by atoms with van der Waals surface area (Å²) < 4.78 is 1.63. The first-order valence-electron chi connectivity index (χ1n) is 7.45. The predicted octanol–water partition coefficient (Wildman–Crippen LogP) is 1.27. The van der Waals surface area contributed by atoms with Crippen molar-refractivity contribution in [2.24, 2.45) is 0 Å². The molecule has 1 aliphatic heterocycles. The molecule has 2 aromatic rings. The maximum Gasteiger partial charge on any atom is 0.330 e. The van der Waals surface area contributed by atoms with Crippen molar-refractivity contribution in [1.82, 2.24) is 14.5 Å². The molecule has 1 amide bonds. The van der Waals surface area contributed by atoms with Gasteiger partial charge in [0.25, 0.3) is 0 Å². The van der Waals surface area contributed by atoms with E-state index in [4.69, 9.17) is 5.11 Å². The average Bonchev–Trinajstić information content (AvgIpc) is 2.88. The van der Waals surface area contributed by atoms with Crippen molar-refractivity contribution in [1.29, 1.82) is 0 Å². The highest BCUT2D eigenvalue weighted by Gasteiger charge is 2.20. The first-order valence-corrected chi connectivity index (χ1v) is 7.45. The van der Waals surface area contributed by atoms with Gasteiger partial charge < -0.3 is 15.0 Å². The highest BCUT2D eigenvalue weighted by atomic mass is 16.4. The number of fused-ring (bicyclic) bond motifs is 1. The van der Waals surface area contributed by atoms with Gasteiger partial charge in [-0.15, -0.1) is 0 Å². The normalized spacial score (nSPS) is 14.8. The van der Waals surface area contributed by atoms with Crippen molar-refractivity contribution in [3.05, 3.63) is 40.8 Å². The lowest BCUT2D eigenvalue weighted by molar-refractivity contribution is -0.140. The molecule has 2 N–H and O–H groups in total. The Morgan fingerprint density at radius 1 is 1.22 bits per heavy atom. The summed E-state index contributed by atoms with van der Waals surface area (Å²) in [6.07, 6.45) is 2.25. The molecule has 0 saturated carbocycles. The summed E-state index contributed by atoms with van der Waals surface area (Å²) in [5.74, 6) is -1.15. The molecule has 0 aliphatic carbocycles. The summed E-state index contributed by atoms with van der Waals surface area (Å²) >= 11 is 0. The number of carboxylic acid groups (broad SMARTS) is 1. The third-order valence-electron chi connectivity index (χ3n) is 3.97. The fourth-order valence-electron chi connectivity index (χ4n) is 2.80. The third kappa shape index (κ3) is 3.03. The molecule has 3 rings (SSSR count). The molecule has 1 aromatic carbocycles. The molecule has 0 fully saturated rings. The molecule has 1 aliphatic rings. The fourth-order valence-corrected chi connectivity index (χ4v) is 2.80. The van der Waals surface area contributed by atoms with Crippen molar-refractivity contribution >= 4 is 28.6 Å². The van der Waals surface area contributed by atoms with Gasteiger partial charge >= 0.3 is 11.7 Å². The summed E-state index contributed by atoms with van der Waals surface area (Å²) in [6.45, 7) is 0.871. The number of rotatable bonds is 4. The maximum absolute atomic E-state index is 12.2. The van der Waals surface area contributed by atoms with Crippen LogP contribution in [0.1, 0.15) is 19.3 Å². The Labute approximate surface area is 131 Å². The van der Waals surface area contributed by atoms with Crippen molar-refractivity contribution in [3.8, 4) is 0 Å². The number of carboxylic acids is 1. The molecule has 2 heterocycles. The standard InChI is InChI=1S/C16H17N3O4/c20-14(5-6-15(21)22)18-9-7-11(8-10-18)19-13-4-2-1-3-12(13)17-16(19)23/h1-4,7H,5-6,8-10H2,(H,17,23)(H,21,22). The molecule has 120 valence electrons. The Morgan fingerprint density at radius 2 is 2.00 bits per heavy atom. The van der Waals surface area contributed by atoms with Gasteiger partial charge in [0.05, 0.1) is 17.5 Å². The van der Waals surface area contributed by atoms with Crippen LogP contribution in [0.25, 0.3) is 16.7 Å². The SMILES string of the molecule is O=C(O)CCC(=O)N1CC=C(n2c(=O)[nH]c3ccccc32)CC1. The largest absolute Gasteiger partial charge is 0.481 e. The molecule has 0 spiro atoms. The molecule has 0 saturated heterocycles. The van der Waals surface area contributed by atoms with E-state index in [0.717, 1.165) is 16.7 Å². The minimum atomic E-state index is -0.975. The number of benzene rings is 1. The predicted molar refractivity (Wildman–Crippen MR) is 84.9 cm³/mol. The van der Waals surface area contributed by atoms with Crippen LogP contribution in [0.2, 0.25) is 0 Å². The smallest absolute Gasteiger partial charge is 0.330 e. The van der Waals surface area contributed by atoms with Crippen LogP contribution < -0.4 is 5.69 Å². The summed E-state index contributed by atoms with van der Waals surface area (Å²) in [5, 5.41) is 8.63. The number of amides is 1. The van der Waals surface area contributed by atoms with E-state index in [9.17, 15) is 14.4 Å². The molecule has 0 atom stereocenters. The number of nitrogens with zero attached hydrogens (tertiary/aromatic N) is 2. The lowest BCUT2D eigenvalue weighted by atomic mass is 10.1. The van der Waals surface area contributed by atoms with Crippen LogP contribution in [0, 0.1) is 0 Å². The minimum absolute atomic E-state index is 0.00550. The summed E-state index contributed by atoms with van der Waals surface area (Å²) in [6, 6.07) is 7.45. The highest BCUT2D eigenvalue weighted by molar-refractivity contribution is 5.82. The Hall–Kier alpha value is -2.83. The van der Waals surface area contributed by atoms with E-state index in [-0.39, 0.29) is 24.4 Å². The summed E-state index contributed by atoms with van der Waals surface area (Å²) in [4.78, 5) is 39.0. The van der Waals surface area contributed by atoms with Gasteiger partial charge in [0.2, 0.25) is 5.91 Å². The zero-order chi connectivity index (χ0) is 16.4. The number of aromatic nitrogens is 2. The monoisotopic (exact) mass is 315 g/mol. The van der Waals surface area contributed by atoms with Gasteiger partial charge in [-0.2, -0.15) is 0 Å². The van der Waals surface area contributed by atoms with Crippen molar-refractivity contribution in [3.63, 3.8) is 0 Å². The topological polar surface area (TPSA) is 95.4 Å². The van der Waals surface area contributed by atoms with Gasteiger partial charge in [0.1, 0.15) is 0 Å². The van der Waals surface area contributed by atoms with E-state index in [1.807, 2.05) is 30.3 Å². The molecular formula is C16H17N3O4. The van der Waals surface area contributed by atoms with Crippen LogP contribution in [-0.4, -0.2) is 44.5 Å². The second-order valence-electron chi connectivity index (χ2n) is 5.46. The van der Waals surface area contributed by atoms with Crippen LogP contribution in [0.5, 0.6) is 0 Å². The number of hydrogen-bond acceptors (Lipinski definition) is 3. The molecule has 0 bridgehead atoms. The number of aliphatic carboxylic acids is 1. The van der Waals surface area contributed by atoms with E-state index in [1.54, 1.807) is 9.47 Å². The van der Waals surface area contributed by atoms with Gasteiger partial charge in [-0.25, -0.2) is 4.79 Å². The highest BCUT2D eigenvalue weighted by Crippen LogP contribution is 2.20. The van der Waals surface area contributed by atoms with Gasteiger partial charge in [-0.05, 0) is 18.2 Å². The number of carbonyl (C=O) groups is 2. The number of carbonyl (C=O) groups excluding carboxylic acids is 1. The second-order valence-corrected chi connectivity index (χ2v) is 5.46. The van der Waals surface area contributed by atoms with E-state index >= 15 is 0 Å². The maximum atomic E-state index is 12.2. The van der Waals surface area contributed by atoms with Crippen LogP contribution >= 0.6 is 0 Å². The Balaban J connectivity index is 1.78. The molecule has 7 nitrogen and oxygen atoms in total. The zero-order valence-corrected chi connectivity index (χ0v) is 12.5. The van der Waals surface area contributed by atoms with Gasteiger partial charge in [-0.1, -0.05) is 12.1 Å². The number of H-pyrrole nitrogens is 1. The van der Waals surface area contributed by atoms with E-state index < -0.39 is 5.97 Å². The molecular weight excluding hydrogens is 298 g/mol. The number of imidazole rings is 1. The Morgan fingerprint density at radius 3 is 2.70 bits per heavy atom. The van der Waals surface area contributed by atoms with Crippen LogP contribution in [0.15, 0.2) is 35.1 Å². The molecule has 0 unspecified atom stereocenters. The number of nitrogens with one attached hydrogen (secondary N) is 1. The van der Waals surface area contributed by atoms with Crippen LogP contribution in [-0.2, 0) is 9.59 Å². The first kappa shape index (κ1) is 15.1. The molecule has 23 heavy (non-hydrogen) atoms. The van der Waals surface area contributed by atoms with Crippen LogP contribution in [0.3, 0.4) is 0 Å². The van der Waals surface area contributed by atoms with E-state index in [2.05, 4.69) is 4.98 Å². The lowest BCUT2D eigenvalue weighted by Gasteiger charge is -2.26. The Kier molecular flexibility index (Phi) is 4.01.